The summed E-state index contributed by atoms with van der Waals surface area (Å²) in [5.74, 6) is -1.06. The maximum absolute atomic E-state index is 14.3. The van der Waals surface area contributed by atoms with Crippen molar-refractivity contribution >= 4 is 24.0 Å². The number of hydrogen-bond donors (Lipinski definition) is 1. The van der Waals surface area contributed by atoms with E-state index in [0.29, 0.717) is 0 Å². The molecule has 1 saturated heterocycles. The maximum atomic E-state index is 14.3. The van der Waals surface area contributed by atoms with Crippen LogP contribution in [0.25, 0.3) is 0 Å². The van der Waals surface area contributed by atoms with Gasteiger partial charge in [-0.05, 0) is 18.6 Å². The molecule has 0 bridgehead atoms. The molecule has 1 heterocycles. The number of hydrogen-bond acceptors (Lipinski definition) is 2. The zero-order valence-electron chi connectivity index (χ0n) is 12.9. The molecule has 2 nitrogen and oxygen atoms in total. The minimum Gasteiger partial charge on any atom is -0.314 e. The Morgan fingerprint density at radius 3 is 2.32 bits per heavy atom. The van der Waals surface area contributed by atoms with E-state index in [1.165, 1.54) is 12.1 Å². The number of halogens is 4. The van der Waals surface area contributed by atoms with Gasteiger partial charge >= 0.3 is 0 Å². The molecule has 0 amide bonds. The quantitative estimate of drug-likeness (QED) is 0.754. The summed E-state index contributed by atoms with van der Waals surface area (Å²) < 4.78 is 28.5. The van der Waals surface area contributed by atoms with Gasteiger partial charge in [0, 0.05) is 42.8 Å². The number of benzene rings is 1. The smallest absolute Gasteiger partial charge is 0.132 e. The molecule has 1 N–H and O–H groups in total. The van der Waals surface area contributed by atoms with Gasteiger partial charge < -0.3 is 5.32 Å². The fraction of sp³-hybridized carbons (Fsp3) is 0.625. The molecule has 1 aliphatic heterocycles. The summed E-state index contributed by atoms with van der Waals surface area (Å²) in [5.41, 5.74) is 0.178. The highest BCUT2D eigenvalue weighted by Crippen LogP contribution is 2.32. The normalized spacial score (nSPS) is 17.1. The Morgan fingerprint density at radius 2 is 1.77 bits per heavy atom. The van der Waals surface area contributed by atoms with E-state index in [9.17, 15) is 8.78 Å². The summed E-state index contributed by atoms with van der Waals surface area (Å²) in [6.07, 6.45) is 3.94. The summed E-state index contributed by atoms with van der Waals surface area (Å²) >= 11 is 5.74. The van der Waals surface area contributed by atoms with E-state index in [4.69, 9.17) is 11.6 Å². The van der Waals surface area contributed by atoms with Crippen molar-refractivity contribution in [1.29, 1.82) is 0 Å². The molecule has 0 spiro atoms. The number of nitrogens with one attached hydrogen (secondary N) is 1. The van der Waals surface area contributed by atoms with Crippen molar-refractivity contribution in [3.63, 3.8) is 0 Å². The van der Waals surface area contributed by atoms with Crippen LogP contribution in [-0.2, 0) is 0 Å². The van der Waals surface area contributed by atoms with Crippen molar-refractivity contribution in [1.82, 2.24) is 10.2 Å². The third kappa shape index (κ3) is 5.05. The van der Waals surface area contributed by atoms with E-state index in [2.05, 4.69) is 17.1 Å². The minimum atomic E-state index is -0.528. The van der Waals surface area contributed by atoms with Crippen LogP contribution in [0.3, 0.4) is 0 Å². The van der Waals surface area contributed by atoms with E-state index in [1.807, 2.05) is 0 Å². The lowest BCUT2D eigenvalue weighted by molar-refractivity contribution is 0.156. The van der Waals surface area contributed by atoms with Crippen molar-refractivity contribution in [2.75, 3.05) is 26.2 Å². The summed E-state index contributed by atoms with van der Waals surface area (Å²) in [5, 5.41) is 3.39. The Labute approximate surface area is 142 Å². The Bertz CT molecular complexity index is 442. The minimum absolute atomic E-state index is 0. The van der Waals surface area contributed by atoms with Crippen LogP contribution in [0.2, 0.25) is 5.02 Å². The first kappa shape index (κ1) is 19.6. The third-order valence-electron chi connectivity index (χ3n) is 4.05. The molecule has 22 heavy (non-hydrogen) atoms. The molecule has 6 heteroatoms. The SMILES string of the molecule is CCCCC[C@@H](c1c(F)cc(Cl)cc1F)N1CCNCC1.Cl. The lowest BCUT2D eigenvalue weighted by Crippen LogP contribution is -2.45. The molecule has 126 valence electrons. The van der Waals surface area contributed by atoms with Crippen LogP contribution in [0.1, 0.15) is 44.2 Å². The van der Waals surface area contributed by atoms with Crippen LogP contribution in [-0.4, -0.2) is 31.1 Å². The summed E-state index contributed by atoms with van der Waals surface area (Å²) in [4.78, 5) is 2.18. The van der Waals surface area contributed by atoms with E-state index < -0.39 is 11.6 Å². The van der Waals surface area contributed by atoms with Crippen LogP contribution in [0.15, 0.2) is 12.1 Å². The van der Waals surface area contributed by atoms with Gasteiger partial charge in [-0.15, -0.1) is 12.4 Å². The van der Waals surface area contributed by atoms with Gasteiger partial charge in [0.1, 0.15) is 11.6 Å². The highest BCUT2D eigenvalue weighted by atomic mass is 35.5. The maximum Gasteiger partial charge on any atom is 0.132 e. The van der Waals surface area contributed by atoms with Gasteiger partial charge in [-0.2, -0.15) is 0 Å². The van der Waals surface area contributed by atoms with Crippen LogP contribution >= 0.6 is 24.0 Å². The Morgan fingerprint density at radius 1 is 1.18 bits per heavy atom. The monoisotopic (exact) mass is 352 g/mol. The highest BCUT2D eigenvalue weighted by molar-refractivity contribution is 6.30. The average molecular weight is 353 g/mol. The molecule has 1 aromatic carbocycles. The van der Waals surface area contributed by atoms with Crippen molar-refractivity contribution < 1.29 is 8.78 Å². The lowest BCUT2D eigenvalue weighted by Gasteiger charge is -2.35. The number of nitrogens with zero attached hydrogens (tertiary/aromatic N) is 1. The molecular formula is C16H24Cl2F2N2. The van der Waals surface area contributed by atoms with E-state index in [1.54, 1.807) is 0 Å². The Balaban J connectivity index is 0.00000242. The van der Waals surface area contributed by atoms with E-state index >= 15 is 0 Å². The fourth-order valence-electron chi connectivity index (χ4n) is 2.96. The third-order valence-corrected chi connectivity index (χ3v) is 4.27. The number of piperazine rings is 1. The second-order valence-corrected chi connectivity index (χ2v) is 6.02. The van der Waals surface area contributed by atoms with Crippen LogP contribution in [0.5, 0.6) is 0 Å². The van der Waals surface area contributed by atoms with Gasteiger partial charge in [0.25, 0.3) is 0 Å². The first-order valence-electron chi connectivity index (χ1n) is 7.72. The summed E-state index contributed by atoms with van der Waals surface area (Å²) in [6, 6.07) is 2.24. The van der Waals surface area contributed by atoms with Gasteiger partial charge in [0.2, 0.25) is 0 Å². The molecule has 0 radical (unpaired) electrons. The predicted molar refractivity (Wildman–Crippen MR) is 89.9 cm³/mol. The molecule has 1 aliphatic rings. The molecule has 1 fully saturated rings. The molecule has 1 atom stereocenters. The molecule has 0 saturated carbocycles. The van der Waals surface area contributed by atoms with E-state index in [-0.39, 0.29) is 29.0 Å². The fourth-order valence-corrected chi connectivity index (χ4v) is 3.15. The molecule has 2 rings (SSSR count). The number of unbranched alkanes of at least 4 members (excludes halogenated alkanes) is 2. The van der Waals surface area contributed by atoms with E-state index in [0.717, 1.165) is 51.9 Å². The second kappa shape index (κ2) is 9.66. The Hall–Kier alpha value is -0.420. The first-order valence-corrected chi connectivity index (χ1v) is 8.10. The summed E-state index contributed by atoms with van der Waals surface area (Å²) in [7, 11) is 0. The van der Waals surface area contributed by atoms with Gasteiger partial charge in [-0.25, -0.2) is 8.78 Å². The van der Waals surface area contributed by atoms with Crippen molar-refractivity contribution in [3.8, 4) is 0 Å². The lowest BCUT2D eigenvalue weighted by atomic mass is 9.97. The van der Waals surface area contributed by atoms with Gasteiger partial charge in [-0.1, -0.05) is 37.8 Å². The largest absolute Gasteiger partial charge is 0.314 e. The predicted octanol–water partition coefficient (Wildman–Crippen LogP) is 4.57. The first-order chi connectivity index (χ1) is 10.1. The van der Waals surface area contributed by atoms with Gasteiger partial charge in [-0.3, -0.25) is 4.90 Å². The average Bonchev–Trinajstić information content (AvgIpc) is 2.45. The van der Waals surface area contributed by atoms with Crippen molar-refractivity contribution in [2.24, 2.45) is 0 Å². The molecule has 1 aromatic rings. The summed E-state index contributed by atoms with van der Waals surface area (Å²) in [6.45, 7) is 5.49. The Kier molecular flexibility index (Phi) is 8.62. The van der Waals surface area contributed by atoms with Gasteiger partial charge in [0.15, 0.2) is 0 Å². The number of rotatable bonds is 6. The van der Waals surface area contributed by atoms with Crippen molar-refractivity contribution in [2.45, 2.75) is 38.6 Å². The van der Waals surface area contributed by atoms with Crippen LogP contribution in [0.4, 0.5) is 8.78 Å². The standard InChI is InChI=1S/C16H23ClF2N2.ClH/c1-2-3-4-5-15(21-8-6-20-7-9-21)16-13(18)10-12(17)11-14(16)19;/h10-11,15,20H,2-9H2,1H3;1H/t15-;/m0./s1. The molecule has 0 unspecified atom stereocenters. The highest BCUT2D eigenvalue weighted by Gasteiger charge is 2.27. The molecule has 0 aromatic heterocycles. The zero-order chi connectivity index (χ0) is 15.2. The second-order valence-electron chi connectivity index (χ2n) is 5.58. The van der Waals surface area contributed by atoms with Crippen molar-refractivity contribution in [3.05, 3.63) is 34.4 Å². The topological polar surface area (TPSA) is 15.3 Å². The van der Waals surface area contributed by atoms with Crippen LogP contribution in [0, 0.1) is 11.6 Å². The molecular weight excluding hydrogens is 329 g/mol. The van der Waals surface area contributed by atoms with Crippen LogP contribution < -0.4 is 5.32 Å². The molecule has 0 aliphatic carbocycles. The van der Waals surface area contributed by atoms with Gasteiger partial charge in [0.05, 0.1) is 0 Å². The zero-order valence-corrected chi connectivity index (χ0v) is 14.5.